The number of amides is 3. The minimum Gasteiger partial charge on any atom is -0.444 e. The molecule has 3 amide bonds. The molecule has 10 heteroatoms. The third kappa shape index (κ3) is 5.02. The van der Waals surface area contributed by atoms with E-state index < -0.39 is 11.7 Å². The van der Waals surface area contributed by atoms with Crippen LogP contribution >= 0.6 is 0 Å². The van der Waals surface area contributed by atoms with Crippen LogP contribution in [0.15, 0.2) is 18.3 Å². The van der Waals surface area contributed by atoms with E-state index in [2.05, 4.69) is 30.9 Å². The fourth-order valence-corrected chi connectivity index (χ4v) is 2.98. The van der Waals surface area contributed by atoms with Crippen molar-refractivity contribution >= 4 is 29.4 Å². The lowest BCUT2D eigenvalue weighted by Crippen LogP contribution is -2.40. The topological polar surface area (TPSA) is 113 Å². The molecule has 1 aliphatic rings. The first-order valence-electron chi connectivity index (χ1n) is 9.39. The summed E-state index contributed by atoms with van der Waals surface area (Å²) in [6.45, 7) is 9.33. The Bertz CT molecular complexity index is 858. The van der Waals surface area contributed by atoms with Gasteiger partial charge in [-0.1, -0.05) is 0 Å². The van der Waals surface area contributed by atoms with Crippen LogP contribution in [0, 0.1) is 0 Å². The van der Waals surface area contributed by atoms with Crippen LogP contribution in [0.25, 0.3) is 5.65 Å². The number of aromatic nitrogens is 3. The molecule has 10 nitrogen and oxygen atoms in total. The van der Waals surface area contributed by atoms with Gasteiger partial charge in [-0.25, -0.2) is 19.1 Å². The second kappa shape index (κ2) is 7.91. The Morgan fingerprint density at radius 2 is 2.11 bits per heavy atom. The first-order chi connectivity index (χ1) is 13.2. The Balaban J connectivity index is 1.62. The molecular formula is C18H27N7O3. The van der Waals surface area contributed by atoms with Crippen LogP contribution in [-0.4, -0.2) is 58.0 Å². The Hall–Kier alpha value is -3.04. The number of alkyl carbamates (subject to hydrolysis) is 1. The molecular weight excluding hydrogens is 362 g/mol. The third-order valence-corrected chi connectivity index (χ3v) is 4.12. The maximum Gasteiger partial charge on any atom is 0.407 e. The van der Waals surface area contributed by atoms with Crippen molar-refractivity contribution in [2.75, 3.05) is 29.9 Å². The van der Waals surface area contributed by atoms with E-state index in [0.29, 0.717) is 24.6 Å². The van der Waals surface area contributed by atoms with Crippen molar-refractivity contribution in [3.05, 3.63) is 18.3 Å². The highest BCUT2D eigenvalue weighted by atomic mass is 16.6. The van der Waals surface area contributed by atoms with Gasteiger partial charge >= 0.3 is 12.1 Å². The van der Waals surface area contributed by atoms with Gasteiger partial charge in [-0.05, 0) is 46.2 Å². The number of imidazole rings is 1. The van der Waals surface area contributed by atoms with Crippen molar-refractivity contribution in [3.8, 4) is 0 Å². The average Bonchev–Trinajstić information content (AvgIpc) is 3.18. The molecule has 0 saturated carbocycles. The van der Waals surface area contributed by atoms with Gasteiger partial charge in [0.15, 0.2) is 11.5 Å². The summed E-state index contributed by atoms with van der Waals surface area (Å²) in [4.78, 5) is 30.0. The molecule has 0 spiro atoms. The Morgan fingerprint density at radius 3 is 2.82 bits per heavy atom. The van der Waals surface area contributed by atoms with Gasteiger partial charge in [-0.15, -0.1) is 5.10 Å². The zero-order valence-electron chi connectivity index (χ0n) is 16.7. The van der Waals surface area contributed by atoms with E-state index in [1.54, 1.807) is 10.7 Å². The summed E-state index contributed by atoms with van der Waals surface area (Å²) < 4.78 is 6.94. The summed E-state index contributed by atoms with van der Waals surface area (Å²) in [6, 6.07) is 3.43. The lowest BCUT2D eigenvalue weighted by atomic mass is 10.2. The fourth-order valence-electron chi connectivity index (χ4n) is 2.98. The van der Waals surface area contributed by atoms with Crippen LogP contribution in [0.5, 0.6) is 0 Å². The molecule has 1 saturated heterocycles. The van der Waals surface area contributed by atoms with Crippen LogP contribution in [-0.2, 0) is 4.74 Å². The van der Waals surface area contributed by atoms with Gasteiger partial charge in [0.2, 0.25) is 0 Å². The number of nitrogens with zero attached hydrogens (tertiary/aromatic N) is 4. The quantitative estimate of drug-likeness (QED) is 0.737. The molecule has 3 rings (SSSR count). The molecule has 1 fully saturated rings. The van der Waals surface area contributed by atoms with E-state index in [9.17, 15) is 9.59 Å². The number of rotatable bonds is 4. The summed E-state index contributed by atoms with van der Waals surface area (Å²) in [5.41, 5.74) is 0.120. The number of ether oxygens (including phenoxy) is 1. The highest BCUT2D eigenvalue weighted by molar-refractivity contribution is 5.88. The summed E-state index contributed by atoms with van der Waals surface area (Å²) in [6.07, 6.45) is 2.08. The lowest BCUT2D eigenvalue weighted by molar-refractivity contribution is 0.0509. The summed E-state index contributed by atoms with van der Waals surface area (Å²) >= 11 is 0. The van der Waals surface area contributed by atoms with E-state index in [0.717, 1.165) is 18.8 Å². The van der Waals surface area contributed by atoms with E-state index in [-0.39, 0.29) is 12.1 Å². The highest BCUT2D eigenvalue weighted by Gasteiger charge is 2.27. The van der Waals surface area contributed by atoms with Gasteiger partial charge in [-0.3, -0.25) is 5.32 Å². The van der Waals surface area contributed by atoms with Gasteiger partial charge in [0.25, 0.3) is 0 Å². The third-order valence-electron chi connectivity index (χ3n) is 4.12. The van der Waals surface area contributed by atoms with Crippen molar-refractivity contribution in [3.63, 3.8) is 0 Å². The predicted octanol–water partition coefficient (Wildman–Crippen LogP) is 1.97. The fraction of sp³-hybridized carbons (Fsp3) is 0.556. The second-order valence-electron chi connectivity index (χ2n) is 7.68. The van der Waals surface area contributed by atoms with Gasteiger partial charge in [-0.2, -0.15) is 0 Å². The van der Waals surface area contributed by atoms with Gasteiger partial charge in [0.05, 0.1) is 12.2 Å². The smallest absolute Gasteiger partial charge is 0.407 e. The van der Waals surface area contributed by atoms with Crippen LogP contribution < -0.4 is 20.9 Å². The summed E-state index contributed by atoms with van der Waals surface area (Å²) in [5, 5.41) is 12.8. The molecule has 28 heavy (non-hydrogen) atoms. The molecule has 0 aliphatic carbocycles. The van der Waals surface area contributed by atoms with E-state index in [1.807, 2.05) is 39.8 Å². The molecule has 1 atom stereocenters. The molecule has 3 heterocycles. The average molecular weight is 389 g/mol. The molecule has 0 bridgehead atoms. The Kier molecular flexibility index (Phi) is 5.57. The predicted molar refractivity (Wildman–Crippen MR) is 106 cm³/mol. The Labute approximate surface area is 163 Å². The molecule has 0 radical (unpaired) electrons. The molecule has 1 aliphatic heterocycles. The number of fused-ring (bicyclic) bond motifs is 1. The number of hydrogen-bond acceptors (Lipinski definition) is 6. The zero-order chi connectivity index (χ0) is 20.3. The monoisotopic (exact) mass is 389 g/mol. The van der Waals surface area contributed by atoms with Crippen molar-refractivity contribution in [2.45, 2.75) is 45.8 Å². The summed E-state index contributed by atoms with van der Waals surface area (Å²) in [7, 11) is 0. The number of nitrogens with one attached hydrogen (secondary N) is 3. The van der Waals surface area contributed by atoms with Crippen LogP contribution in [0.3, 0.4) is 0 Å². The van der Waals surface area contributed by atoms with Crippen LogP contribution in [0.4, 0.5) is 21.2 Å². The minimum absolute atomic E-state index is 0.00472. The van der Waals surface area contributed by atoms with E-state index in [4.69, 9.17) is 4.74 Å². The summed E-state index contributed by atoms with van der Waals surface area (Å²) in [5.74, 6) is 1.21. The maximum atomic E-state index is 12.0. The van der Waals surface area contributed by atoms with E-state index in [1.165, 1.54) is 0 Å². The minimum atomic E-state index is -0.518. The first kappa shape index (κ1) is 19.7. The number of urea groups is 1. The van der Waals surface area contributed by atoms with Crippen molar-refractivity contribution in [2.24, 2.45) is 0 Å². The number of hydrogen-bond donors (Lipinski definition) is 3. The van der Waals surface area contributed by atoms with Crippen molar-refractivity contribution < 1.29 is 14.3 Å². The molecule has 1 unspecified atom stereocenters. The lowest BCUT2D eigenvalue weighted by Gasteiger charge is -2.22. The Morgan fingerprint density at radius 1 is 1.32 bits per heavy atom. The van der Waals surface area contributed by atoms with Crippen LogP contribution in [0.1, 0.15) is 34.1 Å². The number of anilines is 2. The van der Waals surface area contributed by atoms with Gasteiger partial charge in [0, 0.05) is 19.6 Å². The number of carbonyl (C=O) groups is 2. The maximum absolute atomic E-state index is 12.0. The molecule has 152 valence electrons. The molecule has 2 aromatic heterocycles. The second-order valence-corrected chi connectivity index (χ2v) is 7.68. The van der Waals surface area contributed by atoms with Gasteiger partial charge in [0.1, 0.15) is 11.4 Å². The normalized spacial score (nSPS) is 16.9. The number of carbonyl (C=O) groups excluding carboxylic acids is 2. The molecule has 3 N–H and O–H groups in total. The highest BCUT2D eigenvalue weighted by Crippen LogP contribution is 2.20. The molecule has 0 aromatic carbocycles. The van der Waals surface area contributed by atoms with Gasteiger partial charge < -0.3 is 20.3 Å². The molecule has 2 aromatic rings. The zero-order valence-corrected chi connectivity index (χ0v) is 16.7. The standard InChI is InChI=1S/C18H27N7O3/c1-5-19-16(26)22-13-11-25-14(21-13)6-7-15(23-25)24-9-8-12(10-24)20-17(27)28-18(2,3)4/h6-7,11-12H,5,8-10H2,1-4H3,(H,20,27)(H2,19,22,26). The van der Waals surface area contributed by atoms with Crippen molar-refractivity contribution in [1.29, 1.82) is 0 Å². The SMILES string of the molecule is CCNC(=O)Nc1cn2nc(N3CCC(NC(=O)OC(C)(C)C)C3)ccc2n1. The largest absolute Gasteiger partial charge is 0.444 e. The first-order valence-corrected chi connectivity index (χ1v) is 9.39. The van der Waals surface area contributed by atoms with E-state index >= 15 is 0 Å². The van der Waals surface area contributed by atoms with Crippen molar-refractivity contribution in [1.82, 2.24) is 25.2 Å². The van der Waals surface area contributed by atoms with Crippen LogP contribution in [0.2, 0.25) is 0 Å².